The van der Waals surface area contributed by atoms with Crippen LogP contribution in [0.3, 0.4) is 0 Å². The van der Waals surface area contributed by atoms with E-state index in [0.717, 1.165) is 26.1 Å². The highest BCUT2D eigenvalue weighted by Crippen LogP contribution is 2.20. The summed E-state index contributed by atoms with van der Waals surface area (Å²) in [6.45, 7) is 5.24. The molecule has 0 heterocycles. The van der Waals surface area contributed by atoms with Crippen LogP contribution in [0.2, 0.25) is 0 Å². The van der Waals surface area contributed by atoms with Gasteiger partial charge in [-0.3, -0.25) is 0 Å². The molecule has 0 saturated heterocycles. The van der Waals surface area contributed by atoms with Gasteiger partial charge in [-0.1, -0.05) is 37.3 Å². The van der Waals surface area contributed by atoms with Crippen LogP contribution in [0.25, 0.3) is 0 Å². The fourth-order valence-electron chi connectivity index (χ4n) is 2.04. The molecular weight excluding hydrogens is 210 g/mol. The van der Waals surface area contributed by atoms with Gasteiger partial charge in [-0.25, -0.2) is 0 Å². The molecule has 0 bridgehead atoms. The summed E-state index contributed by atoms with van der Waals surface area (Å²) >= 11 is 0. The molecule has 1 aromatic rings. The molecule has 1 atom stereocenters. The van der Waals surface area contributed by atoms with Gasteiger partial charge >= 0.3 is 0 Å². The summed E-state index contributed by atoms with van der Waals surface area (Å²) in [4.78, 5) is 0. The minimum Gasteiger partial charge on any atom is -0.385 e. The molecule has 0 saturated carbocycles. The lowest BCUT2D eigenvalue weighted by Crippen LogP contribution is -2.22. The number of hydrogen-bond acceptors (Lipinski definition) is 2. The fourth-order valence-corrected chi connectivity index (χ4v) is 2.04. The first-order valence-corrected chi connectivity index (χ1v) is 6.63. The van der Waals surface area contributed by atoms with Gasteiger partial charge in [0, 0.05) is 20.3 Å². The number of benzene rings is 1. The van der Waals surface area contributed by atoms with Crippen molar-refractivity contribution in [3.05, 3.63) is 35.9 Å². The first kappa shape index (κ1) is 14.2. The van der Waals surface area contributed by atoms with E-state index in [4.69, 9.17) is 4.74 Å². The molecule has 0 aliphatic carbocycles. The van der Waals surface area contributed by atoms with Crippen LogP contribution >= 0.6 is 0 Å². The standard InChI is InChI=1S/C15H25NO/c1-3-11-16-13-15(10-7-12-17-2)14-8-5-4-6-9-14/h4-6,8-9,15-16H,3,7,10-13H2,1-2H3. The highest BCUT2D eigenvalue weighted by molar-refractivity contribution is 5.19. The molecule has 0 aliphatic heterocycles. The van der Waals surface area contributed by atoms with Gasteiger partial charge in [-0.15, -0.1) is 0 Å². The minimum absolute atomic E-state index is 0.609. The van der Waals surface area contributed by atoms with E-state index in [2.05, 4.69) is 42.6 Å². The van der Waals surface area contributed by atoms with Crippen LogP contribution in [0.15, 0.2) is 30.3 Å². The molecule has 2 heteroatoms. The van der Waals surface area contributed by atoms with Gasteiger partial charge in [0.1, 0.15) is 0 Å². The van der Waals surface area contributed by atoms with Gasteiger partial charge in [-0.05, 0) is 37.3 Å². The van der Waals surface area contributed by atoms with Crippen LogP contribution in [0.4, 0.5) is 0 Å². The average Bonchev–Trinajstić information content (AvgIpc) is 2.38. The van der Waals surface area contributed by atoms with Crippen LogP contribution in [0.1, 0.15) is 37.7 Å². The Morgan fingerprint density at radius 1 is 1.24 bits per heavy atom. The predicted octanol–water partition coefficient (Wildman–Crippen LogP) is 3.20. The molecule has 2 nitrogen and oxygen atoms in total. The van der Waals surface area contributed by atoms with Crippen molar-refractivity contribution in [2.24, 2.45) is 0 Å². The van der Waals surface area contributed by atoms with Crippen LogP contribution < -0.4 is 5.32 Å². The van der Waals surface area contributed by atoms with Gasteiger partial charge in [0.2, 0.25) is 0 Å². The van der Waals surface area contributed by atoms with Crippen LogP contribution in [0.5, 0.6) is 0 Å². The van der Waals surface area contributed by atoms with Crippen molar-refractivity contribution in [2.75, 3.05) is 26.8 Å². The summed E-state index contributed by atoms with van der Waals surface area (Å²) in [7, 11) is 1.77. The lowest BCUT2D eigenvalue weighted by molar-refractivity contribution is 0.190. The molecule has 0 fully saturated rings. The summed E-state index contributed by atoms with van der Waals surface area (Å²) in [5, 5.41) is 3.52. The summed E-state index contributed by atoms with van der Waals surface area (Å²) < 4.78 is 5.13. The molecule has 96 valence electrons. The molecule has 1 N–H and O–H groups in total. The highest BCUT2D eigenvalue weighted by Gasteiger charge is 2.10. The van der Waals surface area contributed by atoms with Crippen LogP contribution in [-0.2, 0) is 4.74 Å². The lowest BCUT2D eigenvalue weighted by Gasteiger charge is -2.18. The van der Waals surface area contributed by atoms with E-state index < -0.39 is 0 Å². The minimum atomic E-state index is 0.609. The monoisotopic (exact) mass is 235 g/mol. The Bertz CT molecular complexity index is 264. The van der Waals surface area contributed by atoms with Gasteiger partial charge < -0.3 is 10.1 Å². The number of nitrogens with one attached hydrogen (secondary N) is 1. The number of hydrogen-bond donors (Lipinski definition) is 1. The Labute approximate surface area is 105 Å². The Balaban J connectivity index is 2.46. The second kappa shape index (κ2) is 9.20. The zero-order valence-electron chi connectivity index (χ0n) is 11.1. The average molecular weight is 235 g/mol. The SMILES string of the molecule is CCCNCC(CCCOC)c1ccccc1. The molecule has 0 aromatic heterocycles. The number of methoxy groups -OCH3 is 1. The van der Waals surface area contributed by atoms with Crippen molar-refractivity contribution in [3.63, 3.8) is 0 Å². The molecule has 0 amide bonds. The van der Waals surface area contributed by atoms with E-state index in [9.17, 15) is 0 Å². The number of ether oxygens (including phenoxy) is 1. The molecule has 0 spiro atoms. The third kappa shape index (κ3) is 5.85. The first-order chi connectivity index (χ1) is 8.38. The van der Waals surface area contributed by atoms with E-state index in [1.807, 2.05) is 0 Å². The normalized spacial score (nSPS) is 12.6. The van der Waals surface area contributed by atoms with Crippen LogP contribution in [-0.4, -0.2) is 26.8 Å². The highest BCUT2D eigenvalue weighted by atomic mass is 16.5. The van der Waals surface area contributed by atoms with E-state index in [1.54, 1.807) is 7.11 Å². The largest absolute Gasteiger partial charge is 0.385 e. The van der Waals surface area contributed by atoms with Gasteiger partial charge in [0.15, 0.2) is 0 Å². The second-order valence-corrected chi connectivity index (χ2v) is 4.45. The summed E-state index contributed by atoms with van der Waals surface area (Å²) in [6.07, 6.45) is 3.51. The van der Waals surface area contributed by atoms with Crippen molar-refractivity contribution in [3.8, 4) is 0 Å². The topological polar surface area (TPSA) is 21.3 Å². The summed E-state index contributed by atoms with van der Waals surface area (Å²) in [5.74, 6) is 0.609. The zero-order chi connectivity index (χ0) is 12.3. The van der Waals surface area contributed by atoms with Crippen LogP contribution in [0, 0.1) is 0 Å². The van der Waals surface area contributed by atoms with E-state index >= 15 is 0 Å². The Kier molecular flexibility index (Phi) is 7.69. The zero-order valence-corrected chi connectivity index (χ0v) is 11.1. The first-order valence-electron chi connectivity index (χ1n) is 6.63. The maximum atomic E-state index is 5.13. The lowest BCUT2D eigenvalue weighted by atomic mass is 9.94. The smallest absolute Gasteiger partial charge is 0.0462 e. The van der Waals surface area contributed by atoms with Crippen molar-refractivity contribution in [1.29, 1.82) is 0 Å². The number of rotatable bonds is 9. The van der Waals surface area contributed by atoms with E-state index in [-0.39, 0.29) is 0 Å². The van der Waals surface area contributed by atoms with Gasteiger partial charge in [-0.2, -0.15) is 0 Å². The Morgan fingerprint density at radius 3 is 2.65 bits per heavy atom. The molecule has 0 radical (unpaired) electrons. The maximum absolute atomic E-state index is 5.13. The maximum Gasteiger partial charge on any atom is 0.0462 e. The Hall–Kier alpha value is -0.860. The third-order valence-electron chi connectivity index (χ3n) is 2.99. The van der Waals surface area contributed by atoms with Crippen molar-refractivity contribution in [1.82, 2.24) is 5.32 Å². The summed E-state index contributed by atoms with van der Waals surface area (Å²) in [5.41, 5.74) is 1.44. The summed E-state index contributed by atoms with van der Waals surface area (Å²) in [6, 6.07) is 10.8. The molecule has 1 rings (SSSR count). The quantitative estimate of drug-likeness (QED) is 0.664. The Morgan fingerprint density at radius 2 is 2.00 bits per heavy atom. The van der Waals surface area contributed by atoms with Crippen molar-refractivity contribution < 1.29 is 4.74 Å². The van der Waals surface area contributed by atoms with Gasteiger partial charge in [0.25, 0.3) is 0 Å². The molecule has 1 aromatic carbocycles. The van der Waals surface area contributed by atoms with E-state index in [0.29, 0.717) is 5.92 Å². The second-order valence-electron chi connectivity index (χ2n) is 4.45. The molecule has 1 unspecified atom stereocenters. The van der Waals surface area contributed by atoms with Gasteiger partial charge in [0.05, 0.1) is 0 Å². The molecule has 0 aliphatic rings. The van der Waals surface area contributed by atoms with E-state index in [1.165, 1.54) is 18.4 Å². The third-order valence-corrected chi connectivity index (χ3v) is 2.99. The fraction of sp³-hybridized carbons (Fsp3) is 0.600. The molecular formula is C15H25NO. The van der Waals surface area contributed by atoms with Crippen molar-refractivity contribution in [2.45, 2.75) is 32.1 Å². The van der Waals surface area contributed by atoms with Crippen molar-refractivity contribution >= 4 is 0 Å². The predicted molar refractivity (Wildman–Crippen MR) is 73.5 cm³/mol. The molecule has 17 heavy (non-hydrogen) atoms.